The summed E-state index contributed by atoms with van der Waals surface area (Å²) < 4.78 is 0. The summed E-state index contributed by atoms with van der Waals surface area (Å²) in [6.45, 7) is 15.9. The third kappa shape index (κ3) is 11.2. The predicted molar refractivity (Wildman–Crippen MR) is 56.7 cm³/mol. The maximum atomic E-state index is 9.60. The van der Waals surface area contributed by atoms with E-state index in [-0.39, 0.29) is 5.57 Å². The van der Waals surface area contributed by atoms with E-state index >= 15 is 0 Å². The molecular formula is C11H22O2. The molecule has 0 saturated carbocycles. The highest BCUT2D eigenvalue weighted by Crippen LogP contribution is 2.23. The van der Waals surface area contributed by atoms with Crippen molar-refractivity contribution >= 4 is 5.97 Å². The molecule has 78 valence electrons. The van der Waals surface area contributed by atoms with Gasteiger partial charge in [0.1, 0.15) is 0 Å². The number of hydrogen-bond donors (Lipinski definition) is 1. The molecule has 0 rings (SSSR count). The van der Waals surface area contributed by atoms with Crippen LogP contribution in [0.5, 0.6) is 0 Å². The van der Waals surface area contributed by atoms with Gasteiger partial charge in [-0.25, -0.2) is 4.79 Å². The molecule has 0 aliphatic heterocycles. The summed E-state index contributed by atoms with van der Waals surface area (Å²) in [5.74, 6) is -0.137. The molecule has 0 fully saturated rings. The van der Waals surface area contributed by atoms with Crippen molar-refractivity contribution in [1.29, 1.82) is 0 Å². The Morgan fingerprint density at radius 3 is 1.46 bits per heavy atom. The van der Waals surface area contributed by atoms with E-state index in [4.69, 9.17) is 5.11 Å². The monoisotopic (exact) mass is 186 g/mol. The quantitative estimate of drug-likeness (QED) is 0.638. The Bertz CT molecular complexity index is 161. The zero-order chi connectivity index (χ0) is 11.2. The van der Waals surface area contributed by atoms with Crippen molar-refractivity contribution in [2.24, 2.45) is 11.3 Å². The first-order chi connectivity index (χ1) is 5.59. The number of carboxylic acid groups (broad SMARTS) is 1. The molecule has 1 N–H and O–H groups in total. The van der Waals surface area contributed by atoms with E-state index in [1.165, 1.54) is 6.92 Å². The SMILES string of the molecule is C=C(C)C(=O)O.CC(C)C(C)(C)C. The van der Waals surface area contributed by atoms with Crippen molar-refractivity contribution in [3.8, 4) is 0 Å². The molecular weight excluding hydrogens is 164 g/mol. The van der Waals surface area contributed by atoms with E-state index in [2.05, 4.69) is 41.2 Å². The molecule has 2 nitrogen and oxygen atoms in total. The Labute approximate surface area is 81.7 Å². The van der Waals surface area contributed by atoms with Gasteiger partial charge in [-0.15, -0.1) is 0 Å². The van der Waals surface area contributed by atoms with E-state index in [0.717, 1.165) is 5.92 Å². The van der Waals surface area contributed by atoms with E-state index in [9.17, 15) is 4.79 Å². The maximum Gasteiger partial charge on any atom is 0.330 e. The van der Waals surface area contributed by atoms with Crippen molar-refractivity contribution in [3.63, 3.8) is 0 Å². The fourth-order valence-corrected chi connectivity index (χ4v) is 0. The smallest absolute Gasteiger partial charge is 0.330 e. The van der Waals surface area contributed by atoms with Gasteiger partial charge in [0.2, 0.25) is 0 Å². The van der Waals surface area contributed by atoms with Crippen LogP contribution in [0.15, 0.2) is 12.2 Å². The summed E-state index contributed by atoms with van der Waals surface area (Å²) in [5, 5.41) is 7.89. The molecule has 0 aromatic carbocycles. The fraction of sp³-hybridized carbons (Fsp3) is 0.727. The van der Waals surface area contributed by atoms with Gasteiger partial charge in [0.05, 0.1) is 0 Å². The van der Waals surface area contributed by atoms with E-state index in [1.807, 2.05) is 0 Å². The topological polar surface area (TPSA) is 37.3 Å². The highest BCUT2D eigenvalue weighted by Gasteiger charge is 2.13. The molecule has 0 atom stereocenters. The Morgan fingerprint density at radius 1 is 1.31 bits per heavy atom. The lowest BCUT2D eigenvalue weighted by molar-refractivity contribution is -0.132. The standard InChI is InChI=1S/C7H16.C4H6O2/c1-6(2)7(3,4)5;1-3(2)4(5)6/h6H,1-5H3;1H2,2H3,(H,5,6). The Balaban J connectivity index is 0. The van der Waals surface area contributed by atoms with Gasteiger partial charge in [0, 0.05) is 5.57 Å². The lowest BCUT2D eigenvalue weighted by atomic mass is 9.84. The molecule has 0 saturated heterocycles. The lowest BCUT2D eigenvalue weighted by Gasteiger charge is -2.22. The van der Waals surface area contributed by atoms with Crippen LogP contribution in [0.1, 0.15) is 41.5 Å². The Morgan fingerprint density at radius 2 is 1.46 bits per heavy atom. The molecule has 0 aliphatic rings. The van der Waals surface area contributed by atoms with Gasteiger partial charge in [0.25, 0.3) is 0 Å². The highest BCUT2D eigenvalue weighted by molar-refractivity contribution is 5.84. The normalized spacial score (nSPS) is 10.4. The Kier molecular flexibility index (Phi) is 6.55. The molecule has 13 heavy (non-hydrogen) atoms. The van der Waals surface area contributed by atoms with Crippen LogP contribution in [-0.4, -0.2) is 11.1 Å². The van der Waals surface area contributed by atoms with E-state index < -0.39 is 5.97 Å². The summed E-state index contributed by atoms with van der Waals surface area (Å²) >= 11 is 0. The molecule has 0 bridgehead atoms. The average molecular weight is 186 g/mol. The van der Waals surface area contributed by atoms with Gasteiger partial charge >= 0.3 is 5.97 Å². The van der Waals surface area contributed by atoms with Gasteiger partial charge in [0.15, 0.2) is 0 Å². The van der Waals surface area contributed by atoms with Crippen LogP contribution in [0.2, 0.25) is 0 Å². The van der Waals surface area contributed by atoms with Gasteiger partial charge in [-0.3, -0.25) is 0 Å². The number of hydrogen-bond acceptors (Lipinski definition) is 1. The minimum absolute atomic E-state index is 0.176. The van der Waals surface area contributed by atoms with Crippen LogP contribution in [0.3, 0.4) is 0 Å². The number of aliphatic carboxylic acids is 1. The lowest BCUT2D eigenvalue weighted by Crippen LogP contribution is -2.12. The van der Waals surface area contributed by atoms with Gasteiger partial charge in [-0.2, -0.15) is 0 Å². The van der Waals surface area contributed by atoms with Crippen molar-refractivity contribution in [2.45, 2.75) is 41.5 Å². The van der Waals surface area contributed by atoms with Gasteiger partial charge in [-0.1, -0.05) is 41.2 Å². The van der Waals surface area contributed by atoms with E-state index in [0.29, 0.717) is 5.41 Å². The molecule has 0 amide bonds. The van der Waals surface area contributed by atoms with Crippen molar-refractivity contribution < 1.29 is 9.90 Å². The van der Waals surface area contributed by atoms with Crippen LogP contribution in [0, 0.1) is 11.3 Å². The largest absolute Gasteiger partial charge is 0.478 e. The molecule has 2 heteroatoms. The second kappa shape index (κ2) is 5.79. The molecule has 0 heterocycles. The second-order valence-corrected chi connectivity index (χ2v) is 4.61. The third-order valence-electron chi connectivity index (χ3n) is 2.10. The van der Waals surface area contributed by atoms with Crippen LogP contribution in [0.25, 0.3) is 0 Å². The molecule has 0 radical (unpaired) electrons. The maximum absolute atomic E-state index is 9.60. The summed E-state index contributed by atoms with van der Waals surface area (Å²) in [6, 6.07) is 0. The van der Waals surface area contributed by atoms with Gasteiger partial charge in [-0.05, 0) is 18.3 Å². The second-order valence-electron chi connectivity index (χ2n) is 4.61. The number of carbonyl (C=O) groups is 1. The minimum atomic E-state index is -0.935. The summed E-state index contributed by atoms with van der Waals surface area (Å²) in [4.78, 5) is 9.60. The first kappa shape index (κ1) is 14.7. The fourth-order valence-electron chi connectivity index (χ4n) is 0. The molecule has 0 unspecified atom stereocenters. The minimum Gasteiger partial charge on any atom is -0.478 e. The number of carboxylic acids is 1. The third-order valence-corrected chi connectivity index (χ3v) is 2.10. The molecule has 0 spiro atoms. The zero-order valence-electron chi connectivity index (χ0n) is 9.64. The summed E-state index contributed by atoms with van der Waals surface area (Å²) in [5.41, 5.74) is 0.676. The zero-order valence-corrected chi connectivity index (χ0v) is 9.64. The van der Waals surface area contributed by atoms with E-state index in [1.54, 1.807) is 0 Å². The molecule has 0 aromatic heterocycles. The first-order valence-corrected chi connectivity index (χ1v) is 4.47. The van der Waals surface area contributed by atoms with Crippen LogP contribution >= 0.6 is 0 Å². The average Bonchev–Trinajstić information content (AvgIpc) is 1.86. The Hall–Kier alpha value is -0.790. The summed E-state index contributed by atoms with van der Waals surface area (Å²) in [6.07, 6.45) is 0. The van der Waals surface area contributed by atoms with Crippen molar-refractivity contribution in [3.05, 3.63) is 12.2 Å². The first-order valence-electron chi connectivity index (χ1n) is 4.47. The van der Waals surface area contributed by atoms with Crippen LogP contribution < -0.4 is 0 Å². The molecule has 0 aliphatic carbocycles. The summed E-state index contributed by atoms with van der Waals surface area (Å²) in [7, 11) is 0. The number of rotatable bonds is 1. The van der Waals surface area contributed by atoms with Gasteiger partial charge < -0.3 is 5.11 Å². The van der Waals surface area contributed by atoms with Crippen molar-refractivity contribution in [2.75, 3.05) is 0 Å². The highest BCUT2D eigenvalue weighted by atomic mass is 16.4. The van der Waals surface area contributed by atoms with Crippen LogP contribution in [0.4, 0.5) is 0 Å². The van der Waals surface area contributed by atoms with Crippen molar-refractivity contribution in [1.82, 2.24) is 0 Å². The predicted octanol–water partition coefficient (Wildman–Crippen LogP) is 3.34. The molecule has 0 aromatic rings. The van der Waals surface area contributed by atoms with Crippen LogP contribution in [-0.2, 0) is 4.79 Å².